The van der Waals surface area contributed by atoms with Gasteiger partial charge < -0.3 is 29.1 Å². The van der Waals surface area contributed by atoms with Gasteiger partial charge >= 0.3 is 0 Å². The average Bonchev–Trinajstić information content (AvgIpc) is 4.14. The third-order valence-corrected chi connectivity index (χ3v) is 17.2. The second-order valence-corrected chi connectivity index (χ2v) is 21.5. The van der Waals surface area contributed by atoms with Crippen LogP contribution in [0.5, 0.6) is 0 Å². The maximum atomic E-state index is 14.0. The number of hydrogen-bond acceptors (Lipinski definition) is 8. The largest absolute Gasteiger partial charge is 0.396 e. The topological polar surface area (TPSA) is 132 Å². The number of fused-ring (bicyclic) bond motifs is 6. The molecule has 4 aromatic rings. The minimum atomic E-state index is -0.324. The first-order chi connectivity index (χ1) is 35.1. The predicted molar refractivity (Wildman–Crippen MR) is 285 cm³/mol. The van der Waals surface area contributed by atoms with Crippen molar-refractivity contribution >= 4 is 24.0 Å². The van der Waals surface area contributed by atoms with Gasteiger partial charge in [0.1, 0.15) is 0 Å². The molecule has 2 N–H and O–H groups in total. The lowest BCUT2D eigenvalue weighted by Crippen LogP contribution is -2.52. The first-order valence-electron chi connectivity index (χ1n) is 27.3. The number of amides is 2. The van der Waals surface area contributed by atoms with E-state index in [1.165, 1.54) is 11.1 Å². The van der Waals surface area contributed by atoms with E-state index >= 15 is 0 Å². The van der Waals surface area contributed by atoms with E-state index in [0.29, 0.717) is 36.1 Å². The number of piperidine rings is 2. The molecule has 72 heavy (non-hydrogen) atoms. The molecule has 12 nitrogen and oxygen atoms in total. The normalized spacial score (nSPS) is 26.5. The van der Waals surface area contributed by atoms with Gasteiger partial charge in [-0.15, -0.1) is 0 Å². The van der Waals surface area contributed by atoms with E-state index in [1.807, 2.05) is 69.2 Å². The van der Waals surface area contributed by atoms with Crippen LogP contribution in [0.15, 0.2) is 107 Å². The van der Waals surface area contributed by atoms with Crippen molar-refractivity contribution in [1.29, 1.82) is 0 Å². The Balaban J connectivity index is 0.000000178. The molecule has 0 spiro atoms. The molecule has 12 heteroatoms. The summed E-state index contributed by atoms with van der Waals surface area (Å²) in [6.07, 6.45) is 15.5. The molecule has 10 rings (SSSR count). The summed E-state index contributed by atoms with van der Waals surface area (Å²) in [6, 6.07) is 28.5. The van der Waals surface area contributed by atoms with Gasteiger partial charge in [-0.1, -0.05) is 98.8 Å². The van der Waals surface area contributed by atoms with E-state index in [9.17, 15) is 29.4 Å². The minimum Gasteiger partial charge on any atom is -0.396 e. The Labute approximate surface area is 426 Å². The number of aliphatic hydroxyl groups excluding tert-OH is 2. The molecule has 4 saturated heterocycles. The first-order valence-corrected chi connectivity index (χ1v) is 27.3. The van der Waals surface area contributed by atoms with Gasteiger partial charge in [0, 0.05) is 98.7 Å². The number of carbonyl (C=O) groups is 2. The summed E-state index contributed by atoms with van der Waals surface area (Å²) in [6.45, 7) is 13.8. The molecule has 0 unspecified atom stereocenters. The fourth-order valence-electron chi connectivity index (χ4n) is 13.8. The van der Waals surface area contributed by atoms with Crippen LogP contribution < -0.4 is 11.1 Å². The Morgan fingerprint density at radius 1 is 0.556 bits per heavy atom. The average molecular weight is 979 g/mol. The number of aromatic nitrogens is 2. The highest BCUT2D eigenvalue weighted by atomic mass is 16.3. The van der Waals surface area contributed by atoms with Crippen LogP contribution in [0.3, 0.4) is 0 Å². The SMILES string of the molecule is C/C=C/c1ccc2n(c1=O)C[C@@H]1[C@@H](CO)[C@H](C(=O)N3CCC(Cc4ccccc4)CC3)N(CCC)[C@H]21.C/C=C\c1ccc2n(c1=O)C[C@@H]1[C@@H](CO)[C@H](C(=O)N3CCC(Cc4ccccc4)CC3)N(CCC)[C@H]21. The maximum Gasteiger partial charge on any atom is 0.258 e. The molecule has 6 aliphatic heterocycles. The summed E-state index contributed by atoms with van der Waals surface area (Å²) in [4.78, 5) is 62.9. The van der Waals surface area contributed by atoms with Crippen molar-refractivity contribution < 1.29 is 19.8 Å². The lowest BCUT2D eigenvalue weighted by molar-refractivity contribution is -0.140. The number of allylic oxidation sites excluding steroid dienone is 2. The quantitative estimate of drug-likeness (QED) is 0.133. The van der Waals surface area contributed by atoms with Crippen molar-refractivity contribution in [2.45, 2.75) is 116 Å². The van der Waals surface area contributed by atoms with E-state index in [4.69, 9.17) is 0 Å². The molecule has 6 aliphatic rings. The van der Waals surface area contributed by atoms with Crippen LogP contribution in [-0.4, -0.2) is 115 Å². The fourth-order valence-corrected chi connectivity index (χ4v) is 13.8. The van der Waals surface area contributed by atoms with Gasteiger partial charge in [0.05, 0.1) is 24.2 Å². The Kier molecular flexibility index (Phi) is 16.6. The number of hydrogen-bond donors (Lipinski definition) is 2. The number of pyridine rings is 2. The Bertz CT molecular complexity index is 2480. The zero-order chi connectivity index (χ0) is 50.5. The highest BCUT2D eigenvalue weighted by Gasteiger charge is 2.57. The summed E-state index contributed by atoms with van der Waals surface area (Å²) in [5.41, 5.74) is 6.14. The van der Waals surface area contributed by atoms with E-state index in [1.54, 1.807) is 0 Å². The smallest absolute Gasteiger partial charge is 0.258 e. The summed E-state index contributed by atoms with van der Waals surface area (Å²) in [5, 5.41) is 21.0. The van der Waals surface area contributed by atoms with Gasteiger partial charge in [-0.2, -0.15) is 0 Å². The number of benzene rings is 2. The number of rotatable bonds is 14. The van der Waals surface area contributed by atoms with Crippen LogP contribution in [0.4, 0.5) is 0 Å². The van der Waals surface area contributed by atoms with Crippen LogP contribution in [0, 0.1) is 35.5 Å². The molecule has 2 amide bonds. The molecule has 8 heterocycles. The van der Waals surface area contributed by atoms with E-state index in [-0.39, 0.29) is 84.0 Å². The minimum absolute atomic E-state index is 0.000902. The Morgan fingerprint density at radius 2 is 0.931 bits per heavy atom. The maximum absolute atomic E-state index is 14.0. The van der Waals surface area contributed by atoms with Crippen LogP contribution >= 0.6 is 0 Å². The molecule has 2 aromatic heterocycles. The van der Waals surface area contributed by atoms with Crippen molar-refractivity contribution in [3.05, 3.63) is 151 Å². The van der Waals surface area contributed by atoms with Crippen molar-refractivity contribution in [3.63, 3.8) is 0 Å². The third kappa shape index (κ3) is 10.1. The molecular formula is C60H78N6O6. The number of carbonyl (C=O) groups excluding carboxylic acids is 2. The monoisotopic (exact) mass is 979 g/mol. The lowest BCUT2D eigenvalue weighted by Gasteiger charge is -2.38. The van der Waals surface area contributed by atoms with Gasteiger partial charge in [-0.05, 0) is 126 Å². The molecule has 0 saturated carbocycles. The molecule has 384 valence electrons. The van der Waals surface area contributed by atoms with Crippen LogP contribution in [0.25, 0.3) is 12.2 Å². The van der Waals surface area contributed by atoms with Gasteiger partial charge in [-0.3, -0.25) is 29.0 Å². The predicted octanol–water partition coefficient (Wildman–Crippen LogP) is 7.47. The second-order valence-electron chi connectivity index (χ2n) is 21.5. The first kappa shape index (κ1) is 51.5. The summed E-state index contributed by atoms with van der Waals surface area (Å²) >= 11 is 0. The van der Waals surface area contributed by atoms with Gasteiger partial charge in [0.15, 0.2) is 0 Å². The Hall–Kier alpha value is -5.40. The standard InChI is InChI=1S/2C30H39N3O3/c2*1-3-8-23-11-12-26-27-24(19-33(26)29(23)35)25(20-34)28(32(27)15-4-2)30(36)31-16-13-22(14-17-31)18-21-9-6-5-7-10-21/h2*3,5-12,22,24-25,27-28,34H,4,13-20H2,1-2H3/b8-3+;8-3-/t2*24-,25-,27+,28-/m11/s1. The molecule has 2 aromatic carbocycles. The van der Waals surface area contributed by atoms with Crippen molar-refractivity contribution in [3.8, 4) is 0 Å². The highest BCUT2D eigenvalue weighted by Crippen LogP contribution is 2.51. The molecular weight excluding hydrogens is 901 g/mol. The lowest BCUT2D eigenvalue weighted by atomic mass is 9.86. The van der Waals surface area contributed by atoms with Crippen LogP contribution in [0.2, 0.25) is 0 Å². The molecule has 0 radical (unpaired) electrons. The number of aliphatic hydroxyl groups is 2. The van der Waals surface area contributed by atoms with Gasteiger partial charge in [0.2, 0.25) is 11.8 Å². The van der Waals surface area contributed by atoms with Gasteiger partial charge in [0.25, 0.3) is 11.1 Å². The third-order valence-electron chi connectivity index (χ3n) is 17.2. The highest BCUT2D eigenvalue weighted by molar-refractivity contribution is 5.84. The zero-order valence-electron chi connectivity index (χ0n) is 43.1. The van der Waals surface area contributed by atoms with Crippen LogP contribution in [-0.2, 0) is 35.5 Å². The van der Waals surface area contributed by atoms with Crippen molar-refractivity contribution in [2.24, 2.45) is 35.5 Å². The van der Waals surface area contributed by atoms with Crippen molar-refractivity contribution in [1.82, 2.24) is 28.7 Å². The van der Waals surface area contributed by atoms with Crippen molar-refractivity contribution in [2.75, 3.05) is 52.5 Å². The molecule has 0 bridgehead atoms. The molecule has 0 aliphatic carbocycles. The van der Waals surface area contributed by atoms with Gasteiger partial charge in [-0.25, -0.2) is 0 Å². The number of nitrogens with zero attached hydrogens (tertiary/aromatic N) is 6. The van der Waals surface area contributed by atoms with Crippen LogP contribution in [0.1, 0.15) is 112 Å². The molecule has 4 fully saturated rings. The van der Waals surface area contributed by atoms with E-state index in [0.717, 1.165) is 102 Å². The zero-order valence-corrected chi connectivity index (χ0v) is 43.1. The summed E-state index contributed by atoms with van der Waals surface area (Å²) in [5.74, 6) is 1.33. The fraction of sp³-hybridized carbons (Fsp3) is 0.533. The second kappa shape index (κ2) is 23.2. The molecule has 8 atom stereocenters. The Morgan fingerprint density at radius 3 is 1.26 bits per heavy atom. The summed E-state index contributed by atoms with van der Waals surface area (Å²) in [7, 11) is 0. The summed E-state index contributed by atoms with van der Waals surface area (Å²) < 4.78 is 3.76. The van der Waals surface area contributed by atoms with E-state index in [2.05, 4.69) is 96.4 Å². The number of likely N-dealkylation sites (tertiary alicyclic amines) is 4. The van der Waals surface area contributed by atoms with E-state index < -0.39 is 0 Å².